The third-order valence-corrected chi connectivity index (χ3v) is 3.15. The molecule has 0 aliphatic heterocycles. The Morgan fingerprint density at radius 3 is 2.55 bits per heavy atom. The topological polar surface area (TPSA) is 49.4 Å². The monoisotopic (exact) mass is 320 g/mol. The third kappa shape index (κ3) is 4.30. The van der Waals surface area contributed by atoms with Crippen LogP contribution in [0.2, 0.25) is 5.02 Å². The van der Waals surface area contributed by atoms with Gasteiger partial charge in [0.25, 0.3) is 0 Å². The highest BCUT2D eigenvalue weighted by Crippen LogP contribution is 2.17. The van der Waals surface area contributed by atoms with Crippen molar-refractivity contribution in [3.05, 3.63) is 59.4 Å². The first-order valence-electron chi connectivity index (χ1n) is 6.55. The third-order valence-electron chi connectivity index (χ3n) is 2.91. The highest BCUT2D eigenvalue weighted by molar-refractivity contribution is 6.30. The van der Waals surface area contributed by atoms with Gasteiger partial charge in [-0.2, -0.15) is 0 Å². The Labute approximate surface area is 132 Å². The second kappa shape index (κ2) is 7.04. The van der Waals surface area contributed by atoms with E-state index < -0.39 is 11.7 Å². The van der Waals surface area contributed by atoms with Crippen LogP contribution in [-0.4, -0.2) is 18.4 Å². The van der Waals surface area contributed by atoms with Crippen LogP contribution in [0, 0.1) is 5.82 Å². The maximum absolute atomic E-state index is 13.3. The summed E-state index contributed by atoms with van der Waals surface area (Å²) in [5.74, 6) is -1.23. The van der Waals surface area contributed by atoms with Gasteiger partial charge in [0.2, 0.25) is 11.8 Å². The predicted molar refractivity (Wildman–Crippen MR) is 84.5 cm³/mol. The van der Waals surface area contributed by atoms with E-state index in [9.17, 15) is 14.0 Å². The van der Waals surface area contributed by atoms with E-state index in [-0.39, 0.29) is 12.5 Å². The van der Waals surface area contributed by atoms with Crippen LogP contribution >= 0.6 is 11.6 Å². The smallest absolute Gasteiger partial charge is 0.244 e. The highest BCUT2D eigenvalue weighted by atomic mass is 35.5. The Bertz CT molecular complexity index is 706. The molecule has 0 fully saturated rings. The summed E-state index contributed by atoms with van der Waals surface area (Å²) >= 11 is 5.84. The van der Waals surface area contributed by atoms with Gasteiger partial charge in [-0.1, -0.05) is 23.7 Å². The first-order chi connectivity index (χ1) is 10.5. The van der Waals surface area contributed by atoms with Gasteiger partial charge in [-0.25, -0.2) is 4.39 Å². The molecule has 1 N–H and O–H groups in total. The standard InChI is InChI=1S/C16H14ClFN2O2/c1-11(21)20(15-7-3-5-13(18)9-15)10-16(22)19-14-6-2-4-12(17)8-14/h2-9H,10H2,1H3,(H,19,22). The van der Waals surface area contributed by atoms with E-state index >= 15 is 0 Å². The van der Waals surface area contributed by atoms with Crippen LogP contribution < -0.4 is 10.2 Å². The summed E-state index contributed by atoms with van der Waals surface area (Å²) in [6.07, 6.45) is 0. The molecular weight excluding hydrogens is 307 g/mol. The summed E-state index contributed by atoms with van der Waals surface area (Å²) < 4.78 is 13.3. The minimum Gasteiger partial charge on any atom is -0.324 e. The molecule has 0 saturated carbocycles. The molecule has 0 aromatic heterocycles. The van der Waals surface area contributed by atoms with Crippen molar-refractivity contribution < 1.29 is 14.0 Å². The zero-order valence-corrected chi connectivity index (χ0v) is 12.6. The van der Waals surface area contributed by atoms with Gasteiger partial charge in [-0.15, -0.1) is 0 Å². The number of nitrogens with zero attached hydrogens (tertiary/aromatic N) is 1. The summed E-state index contributed by atoms with van der Waals surface area (Å²) in [6.45, 7) is 1.10. The average Bonchev–Trinajstić information content (AvgIpc) is 2.44. The molecular formula is C16H14ClFN2O2. The number of anilines is 2. The van der Waals surface area contributed by atoms with Crippen LogP contribution in [0.15, 0.2) is 48.5 Å². The number of halogens is 2. The second-order valence-electron chi connectivity index (χ2n) is 4.64. The van der Waals surface area contributed by atoms with Crippen molar-refractivity contribution in [2.75, 3.05) is 16.8 Å². The number of nitrogens with one attached hydrogen (secondary N) is 1. The van der Waals surface area contributed by atoms with Crippen LogP contribution in [0.1, 0.15) is 6.92 Å². The molecule has 2 amide bonds. The van der Waals surface area contributed by atoms with Gasteiger partial charge in [0.05, 0.1) is 0 Å². The molecule has 0 heterocycles. The molecule has 22 heavy (non-hydrogen) atoms. The molecule has 0 unspecified atom stereocenters. The maximum atomic E-state index is 13.3. The first kappa shape index (κ1) is 16.0. The summed E-state index contributed by atoms with van der Waals surface area (Å²) in [5.41, 5.74) is 0.856. The van der Waals surface area contributed by atoms with Crippen LogP contribution in [0.5, 0.6) is 0 Å². The number of hydrogen-bond donors (Lipinski definition) is 1. The SMILES string of the molecule is CC(=O)N(CC(=O)Nc1cccc(Cl)c1)c1cccc(F)c1. The maximum Gasteiger partial charge on any atom is 0.244 e. The van der Waals surface area contributed by atoms with Gasteiger partial charge in [-0.05, 0) is 36.4 Å². The van der Waals surface area contributed by atoms with Crippen LogP contribution in [0.25, 0.3) is 0 Å². The molecule has 0 radical (unpaired) electrons. The van der Waals surface area contributed by atoms with E-state index in [1.807, 2.05) is 0 Å². The molecule has 0 saturated heterocycles. The van der Waals surface area contributed by atoms with E-state index in [2.05, 4.69) is 5.32 Å². The van der Waals surface area contributed by atoms with E-state index in [0.29, 0.717) is 16.4 Å². The Kier molecular flexibility index (Phi) is 5.12. The molecule has 4 nitrogen and oxygen atoms in total. The second-order valence-corrected chi connectivity index (χ2v) is 5.08. The zero-order chi connectivity index (χ0) is 16.1. The van der Waals surface area contributed by atoms with Gasteiger partial charge in [0.1, 0.15) is 12.4 Å². The lowest BCUT2D eigenvalue weighted by Gasteiger charge is -2.20. The van der Waals surface area contributed by atoms with Gasteiger partial charge < -0.3 is 10.2 Å². The van der Waals surface area contributed by atoms with Crippen molar-refractivity contribution in [1.29, 1.82) is 0 Å². The minimum atomic E-state index is -0.473. The van der Waals surface area contributed by atoms with Crippen molar-refractivity contribution in [3.63, 3.8) is 0 Å². The largest absolute Gasteiger partial charge is 0.324 e. The Morgan fingerprint density at radius 2 is 1.91 bits per heavy atom. The zero-order valence-electron chi connectivity index (χ0n) is 11.8. The lowest BCUT2D eigenvalue weighted by atomic mass is 10.2. The van der Waals surface area contributed by atoms with E-state index in [1.54, 1.807) is 30.3 Å². The van der Waals surface area contributed by atoms with Gasteiger partial charge in [0, 0.05) is 23.3 Å². The highest BCUT2D eigenvalue weighted by Gasteiger charge is 2.16. The summed E-state index contributed by atoms with van der Waals surface area (Å²) in [4.78, 5) is 25.0. The van der Waals surface area contributed by atoms with E-state index in [0.717, 1.165) is 0 Å². The minimum absolute atomic E-state index is 0.217. The number of hydrogen-bond acceptors (Lipinski definition) is 2. The summed E-state index contributed by atoms with van der Waals surface area (Å²) in [6, 6.07) is 12.2. The molecule has 2 rings (SSSR count). The fraction of sp³-hybridized carbons (Fsp3) is 0.125. The normalized spacial score (nSPS) is 10.1. The summed E-state index contributed by atoms with van der Waals surface area (Å²) in [7, 11) is 0. The molecule has 114 valence electrons. The van der Waals surface area contributed by atoms with E-state index in [1.165, 1.54) is 30.0 Å². The lowest BCUT2D eigenvalue weighted by molar-refractivity contribution is -0.120. The van der Waals surface area contributed by atoms with Crippen LogP contribution in [0.3, 0.4) is 0 Å². The predicted octanol–water partition coefficient (Wildman–Crippen LogP) is 3.47. The molecule has 0 atom stereocenters. The van der Waals surface area contributed by atoms with Gasteiger partial charge in [-0.3, -0.25) is 9.59 Å². The van der Waals surface area contributed by atoms with Gasteiger partial charge in [0.15, 0.2) is 0 Å². The van der Waals surface area contributed by atoms with Crippen molar-refractivity contribution in [1.82, 2.24) is 0 Å². The Balaban J connectivity index is 2.11. The lowest BCUT2D eigenvalue weighted by Crippen LogP contribution is -2.36. The average molecular weight is 321 g/mol. The molecule has 0 aliphatic carbocycles. The molecule has 0 aliphatic rings. The Hall–Kier alpha value is -2.40. The first-order valence-corrected chi connectivity index (χ1v) is 6.92. The quantitative estimate of drug-likeness (QED) is 0.937. The van der Waals surface area contributed by atoms with Crippen LogP contribution in [0.4, 0.5) is 15.8 Å². The fourth-order valence-corrected chi connectivity index (χ4v) is 2.13. The molecule has 2 aromatic carbocycles. The van der Waals surface area contributed by atoms with Crippen molar-refractivity contribution in [2.45, 2.75) is 6.92 Å². The molecule has 6 heteroatoms. The molecule has 0 bridgehead atoms. The number of benzene rings is 2. The summed E-state index contributed by atoms with van der Waals surface area (Å²) in [5, 5.41) is 3.13. The van der Waals surface area contributed by atoms with Crippen LogP contribution in [-0.2, 0) is 9.59 Å². The Morgan fingerprint density at radius 1 is 1.18 bits per heavy atom. The number of amides is 2. The van der Waals surface area contributed by atoms with Crippen molar-refractivity contribution in [2.24, 2.45) is 0 Å². The molecule has 0 spiro atoms. The van der Waals surface area contributed by atoms with Crippen molar-refractivity contribution >= 4 is 34.8 Å². The molecule has 2 aromatic rings. The number of carbonyl (C=O) groups is 2. The number of rotatable bonds is 4. The fourth-order valence-electron chi connectivity index (χ4n) is 1.94. The van der Waals surface area contributed by atoms with Crippen molar-refractivity contribution in [3.8, 4) is 0 Å². The van der Waals surface area contributed by atoms with Gasteiger partial charge >= 0.3 is 0 Å². The number of carbonyl (C=O) groups excluding carboxylic acids is 2. The van der Waals surface area contributed by atoms with E-state index in [4.69, 9.17) is 11.6 Å².